The van der Waals surface area contributed by atoms with Gasteiger partial charge in [0.2, 0.25) is 5.88 Å². The van der Waals surface area contributed by atoms with Gasteiger partial charge in [0.15, 0.2) is 0 Å². The molecule has 3 rings (SSSR count). The Morgan fingerprint density at radius 1 is 1.22 bits per heavy atom. The molecule has 0 fully saturated rings. The van der Waals surface area contributed by atoms with Gasteiger partial charge in [0, 0.05) is 24.9 Å². The topological polar surface area (TPSA) is 46.8 Å². The van der Waals surface area contributed by atoms with E-state index >= 15 is 0 Å². The lowest BCUT2D eigenvalue weighted by Crippen LogP contribution is -2.02. The number of fused-ring (bicyclic) bond motifs is 1. The molecule has 23 heavy (non-hydrogen) atoms. The van der Waals surface area contributed by atoms with Gasteiger partial charge in [-0.2, -0.15) is 0 Å². The molecular weight excluding hydrogens is 288 g/mol. The second-order valence-electron chi connectivity index (χ2n) is 5.75. The van der Waals surface area contributed by atoms with Crippen LogP contribution in [0.4, 0.5) is 0 Å². The van der Waals surface area contributed by atoms with E-state index in [-0.39, 0.29) is 6.61 Å². The fourth-order valence-electron chi connectivity index (χ4n) is 2.99. The smallest absolute Gasteiger partial charge is 0.238 e. The van der Waals surface area contributed by atoms with Crippen molar-refractivity contribution in [2.24, 2.45) is 0 Å². The molecule has 0 bridgehead atoms. The number of nitrogens with zero attached hydrogens (tertiary/aromatic N) is 2. The molecule has 0 spiro atoms. The van der Waals surface area contributed by atoms with E-state index in [2.05, 4.69) is 45.9 Å². The molecule has 0 atom stereocenters. The van der Waals surface area contributed by atoms with Crippen molar-refractivity contribution in [1.29, 1.82) is 0 Å². The van der Waals surface area contributed by atoms with Crippen LogP contribution in [-0.2, 0) is 12.8 Å². The molecule has 0 saturated heterocycles. The molecule has 0 unspecified atom stereocenters. The molecule has 0 aliphatic rings. The number of ether oxygens (including phenoxy) is 1. The van der Waals surface area contributed by atoms with Gasteiger partial charge in [0.1, 0.15) is 5.52 Å². The van der Waals surface area contributed by atoms with Crippen molar-refractivity contribution in [2.45, 2.75) is 26.2 Å². The number of methoxy groups -OCH3 is 1. The highest BCUT2D eigenvalue weighted by Crippen LogP contribution is 2.27. The Morgan fingerprint density at radius 3 is 2.70 bits per heavy atom. The number of benzene rings is 1. The lowest BCUT2D eigenvalue weighted by atomic mass is 10.0. The van der Waals surface area contributed by atoms with Crippen LogP contribution in [0.3, 0.4) is 0 Å². The molecule has 0 aliphatic heterocycles. The SMILES string of the molecule is COc1nc(C)cn2c(Cc3ccccc3)c(CCCO)cc12. The average Bonchev–Trinajstić information content (AvgIpc) is 2.91. The summed E-state index contributed by atoms with van der Waals surface area (Å²) in [5, 5.41) is 9.18. The second kappa shape index (κ2) is 6.84. The Bertz CT molecular complexity index is 794. The molecule has 1 N–H and O–H groups in total. The molecular formula is C19H22N2O2. The van der Waals surface area contributed by atoms with Crippen LogP contribution < -0.4 is 4.74 Å². The minimum absolute atomic E-state index is 0.200. The van der Waals surface area contributed by atoms with Crippen LogP contribution in [0.25, 0.3) is 5.52 Å². The van der Waals surface area contributed by atoms with Crippen molar-refractivity contribution < 1.29 is 9.84 Å². The molecule has 3 aromatic rings. The number of aliphatic hydroxyl groups is 1. The summed E-state index contributed by atoms with van der Waals surface area (Å²) in [4.78, 5) is 4.47. The van der Waals surface area contributed by atoms with Gasteiger partial charge in [-0.25, -0.2) is 4.98 Å². The van der Waals surface area contributed by atoms with Gasteiger partial charge in [-0.1, -0.05) is 30.3 Å². The van der Waals surface area contributed by atoms with Crippen LogP contribution in [0.5, 0.6) is 5.88 Å². The summed E-state index contributed by atoms with van der Waals surface area (Å²) in [6.07, 6.45) is 4.51. The maximum absolute atomic E-state index is 9.18. The Kier molecular flexibility index (Phi) is 4.63. The number of rotatable bonds is 6. The molecule has 0 saturated carbocycles. The number of hydrogen-bond acceptors (Lipinski definition) is 3. The molecule has 0 radical (unpaired) electrons. The third-order valence-corrected chi connectivity index (χ3v) is 4.06. The maximum Gasteiger partial charge on any atom is 0.238 e. The molecule has 2 aromatic heterocycles. The summed E-state index contributed by atoms with van der Waals surface area (Å²) in [7, 11) is 1.65. The van der Waals surface area contributed by atoms with Gasteiger partial charge in [-0.3, -0.25) is 0 Å². The van der Waals surface area contributed by atoms with Crippen molar-refractivity contribution in [2.75, 3.05) is 13.7 Å². The Morgan fingerprint density at radius 2 is 2.00 bits per heavy atom. The first-order valence-electron chi connectivity index (χ1n) is 7.92. The van der Waals surface area contributed by atoms with Gasteiger partial charge in [-0.05, 0) is 37.0 Å². The van der Waals surface area contributed by atoms with Gasteiger partial charge < -0.3 is 14.2 Å². The minimum Gasteiger partial charge on any atom is -0.479 e. The van der Waals surface area contributed by atoms with Crippen molar-refractivity contribution in [3.63, 3.8) is 0 Å². The highest BCUT2D eigenvalue weighted by Gasteiger charge is 2.15. The van der Waals surface area contributed by atoms with Crippen LogP contribution >= 0.6 is 0 Å². The summed E-state index contributed by atoms with van der Waals surface area (Å²) in [5.41, 5.74) is 5.66. The van der Waals surface area contributed by atoms with E-state index in [0.717, 1.165) is 30.5 Å². The molecule has 0 aliphatic carbocycles. The normalized spacial score (nSPS) is 11.1. The third-order valence-electron chi connectivity index (χ3n) is 4.06. The lowest BCUT2D eigenvalue weighted by molar-refractivity contribution is 0.288. The first-order valence-corrected chi connectivity index (χ1v) is 7.92. The van der Waals surface area contributed by atoms with Gasteiger partial charge >= 0.3 is 0 Å². The van der Waals surface area contributed by atoms with E-state index in [0.29, 0.717) is 5.88 Å². The fourth-order valence-corrected chi connectivity index (χ4v) is 2.99. The van der Waals surface area contributed by atoms with E-state index in [1.54, 1.807) is 7.11 Å². The quantitative estimate of drug-likeness (QED) is 0.761. The summed E-state index contributed by atoms with van der Waals surface area (Å²) >= 11 is 0. The maximum atomic E-state index is 9.18. The van der Waals surface area contributed by atoms with Crippen molar-refractivity contribution in [3.05, 3.63) is 65.1 Å². The Labute approximate surface area is 136 Å². The Balaban J connectivity index is 2.13. The zero-order chi connectivity index (χ0) is 16.2. The van der Waals surface area contributed by atoms with Crippen LogP contribution in [0, 0.1) is 6.92 Å². The van der Waals surface area contributed by atoms with E-state index in [9.17, 15) is 5.11 Å². The zero-order valence-corrected chi connectivity index (χ0v) is 13.6. The molecule has 4 nitrogen and oxygen atoms in total. The predicted octanol–water partition coefficient (Wildman–Crippen LogP) is 3.17. The fraction of sp³-hybridized carbons (Fsp3) is 0.316. The molecule has 0 amide bonds. The highest BCUT2D eigenvalue weighted by molar-refractivity contribution is 5.62. The van der Waals surface area contributed by atoms with E-state index < -0.39 is 0 Å². The summed E-state index contributed by atoms with van der Waals surface area (Å²) in [6.45, 7) is 2.17. The molecule has 1 aromatic carbocycles. The van der Waals surface area contributed by atoms with Crippen LogP contribution in [0.15, 0.2) is 42.6 Å². The standard InChI is InChI=1S/C19H22N2O2/c1-14-13-21-17(11-15-7-4-3-5-8-15)16(9-6-10-22)12-18(21)19(20-14)23-2/h3-5,7-8,12-13,22H,6,9-11H2,1-2H3. The van der Waals surface area contributed by atoms with Crippen LogP contribution in [0.2, 0.25) is 0 Å². The van der Waals surface area contributed by atoms with E-state index in [1.807, 2.05) is 13.0 Å². The first kappa shape index (κ1) is 15.6. The molecule has 4 heteroatoms. The number of aryl methyl sites for hydroxylation is 2. The van der Waals surface area contributed by atoms with Crippen molar-refractivity contribution in [1.82, 2.24) is 9.38 Å². The van der Waals surface area contributed by atoms with Crippen molar-refractivity contribution in [3.8, 4) is 5.88 Å². The molecule has 120 valence electrons. The molecule has 2 heterocycles. The third kappa shape index (κ3) is 3.22. The minimum atomic E-state index is 0.200. The largest absolute Gasteiger partial charge is 0.479 e. The first-order chi connectivity index (χ1) is 11.2. The monoisotopic (exact) mass is 310 g/mol. The second-order valence-corrected chi connectivity index (χ2v) is 5.75. The predicted molar refractivity (Wildman–Crippen MR) is 91.1 cm³/mol. The van der Waals surface area contributed by atoms with Crippen LogP contribution in [0.1, 0.15) is 28.9 Å². The lowest BCUT2D eigenvalue weighted by Gasteiger charge is -2.09. The highest BCUT2D eigenvalue weighted by atomic mass is 16.5. The Hall–Kier alpha value is -2.33. The van der Waals surface area contributed by atoms with Gasteiger partial charge in [0.25, 0.3) is 0 Å². The number of hydrogen-bond donors (Lipinski definition) is 1. The van der Waals surface area contributed by atoms with Crippen molar-refractivity contribution >= 4 is 5.52 Å². The van der Waals surface area contributed by atoms with Crippen LogP contribution in [-0.4, -0.2) is 28.2 Å². The summed E-state index contributed by atoms with van der Waals surface area (Å²) in [5.74, 6) is 0.648. The zero-order valence-electron chi connectivity index (χ0n) is 13.6. The average molecular weight is 310 g/mol. The van der Waals surface area contributed by atoms with E-state index in [4.69, 9.17) is 4.74 Å². The van der Waals surface area contributed by atoms with Gasteiger partial charge in [0.05, 0.1) is 12.8 Å². The van der Waals surface area contributed by atoms with E-state index in [1.165, 1.54) is 16.8 Å². The van der Waals surface area contributed by atoms with Gasteiger partial charge in [-0.15, -0.1) is 0 Å². The number of aromatic nitrogens is 2. The summed E-state index contributed by atoms with van der Waals surface area (Å²) in [6, 6.07) is 12.6. The number of aliphatic hydroxyl groups excluding tert-OH is 1. The summed E-state index contributed by atoms with van der Waals surface area (Å²) < 4.78 is 7.63.